The van der Waals surface area contributed by atoms with Crippen LogP contribution in [0.2, 0.25) is 0 Å². The number of hydrogen-bond donors (Lipinski definition) is 1. The molecule has 1 N–H and O–H groups in total. The Morgan fingerprint density at radius 1 is 0.964 bits per heavy atom. The number of hydrogen-bond acceptors (Lipinski definition) is 3. The molecule has 2 amide bonds. The highest BCUT2D eigenvalue weighted by atomic mass is 16.2. The van der Waals surface area contributed by atoms with Crippen LogP contribution in [0.25, 0.3) is 0 Å². The van der Waals surface area contributed by atoms with E-state index < -0.39 is 0 Å². The van der Waals surface area contributed by atoms with Crippen LogP contribution in [0.15, 0.2) is 54.6 Å². The van der Waals surface area contributed by atoms with Gasteiger partial charge in [-0.1, -0.05) is 30.3 Å². The molecule has 28 heavy (non-hydrogen) atoms. The van der Waals surface area contributed by atoms with Crippen molar-refractivity contribution < 1.29 is 9.59 Å². The first-order valence-corrected chi connectivity index (χ1v) is 9.92. The monoisotopic (exact) mass is 379 g/mol. The second-order valence-electron chi connectivity index (χ2n) is 7.60. The van der Waals surface area contributed by atoms with Crippen LogP contribution < -0.4 is 5.32 Å². The van der Waals surface area contributed by atoms with Gasteiger partial charge in [0.15, 0.2) is 0 Å². The minimum absolute atomic E-state index is 0.0603. The van der Waals surface area contributed by atoms with E-state index in [0.29, 0.717) is 11.1 Å². The van der Waals surface area contributed by atoms with Crippen LogP contribution in [0.5, 0.6) is 0 Å². The van der Waals surface area contributed by atoms with Crippen LogP contribution in [-0.4, -0.2) is 61.4 Å². The molecule has 5 heteroatoms. The van der Waals surface area contributed by atoms with E-state index in [4.69, 9.17) is 0 Å². The summed E-state index contributed by atoms with van der Waals surface area (Å²) in [6.07, 6.45) is 3.01. The topological polar surface area (TPSA) is 52.7 Å². The van der Waals surface area contributed by atoms with Crippen LogP contribution in [-0.2, 0) is 6.42 Å². The number of carbonyl (C=O) groups is 2. The number of nitrogens with one attached hydrogen (secondary N) is 1. The highest BCUT2D eigenvalue weighted by Crippen LogP contribution is 2.13. The van der Waals surface area contributed by atoms with Gasteiger partial charge >= 0.3 is 0 Å². The molecule has 0 atom stereocenters. The average molecular weight is 380 g/mol. The minimum atomic E-state index is -0.0633. The normalized spacial score (nSPS) is 15.2. The first-order valence-electron chi connectivity index (χ1n) is 9.92. The van der Waals surface area contributed by atoms with Gasteiger partial charge in [-0.25, -0.2) is 0 Å². The molecule has 1 aliphatic rings. The van der Waals surface area contributed by atoms with Crippen LogP contribution in [0.3, 0.4) is 0 Å². The fraction of sp³-hybridized carbons (Fsp3) is 0.391. The minimum Gasteiger partial charge on any atom is -0.349 e. The number of piperidine rings is 1. The molecule has 1 aliphatic heterocycles. The fourth-order valence-corrected chi connectivity index (χ4v) is 3.52. The molecule has 0 aliphatic carbocycles. The molecule has 148 valence electrons. The number of nitrogens with zero attached hydrogens (tertiary/aromatic N) is 2. The van der Waals surface area contributed by atoms with Gasteiger partial charge < -0.3 is 15.1 Å². The van der Waals surface area contributed by atoms with Crippen molar-refractivity contribution in [1.82, 2.24) is 15.1 Å². The zero-order chi connectivity index (χ0) is 19.9. The quantitative estimate of drug-likeness (QED) is 0.840. The third-order valence-corrected chi connectivity index (χ3v) is 5.28. The lowest BCUT2D eigenvalue weighted by Gasteiger charge is -2.32. The predicted molar refractivity (Wildman–Crippen MR) is 112 cm³/mol. The molecule has 0 saturated carbocycles. The van der Waals surface area contributed by atoms with Crippen molar-refractivity contribution >= 4 is 11.8 Å². The van der Waals surface area contributed by atoms with E-state index in [2.05, 4.69) is 34.5 Å². The molecule has 0 unspecified atom stereocenters. The first-order chi connectivity index (χ1) is 13.5. The average Bonchev–Trinajstić information content (AvgIpc) is 2.73. The number of benzene rings is 2. The van der Waals surface area contributed by atoms with Gasteiger partial charge in [0.05, 0.1) is 0 Å². The summed E-state index contributed by atoms with van der Waals surface area (Å²) in [7, 11) is 3.43. The van der Waals surface area contributed by atoms with Crippen LogP contribution in [0, 0.1) is 0 Å². The van der Waals surface area contributed by atoms with Gasteiger partial charge in [-0.3, -0.25) is 9.59 Å². The Bertz CT molecular complexity index is 779. The van der Waals surface area contributed by atoms with Crippen LogP contribution in [0.1, 0.15) is 39.1 Å². The highest BCUT2D eigenvalue weighted by Gasteiger charge is 2.21. The van der Waals surface area contributed by atoms with E-state index in [1.807, 2.05) is 6.07 Å². The number of amides is 2. The fourth-order valence-electron chi connectivity index (χ4n) is 3.52. The summed E-state index contributed by atoms with van der Waals surface area (Å²) in [6.45, 7) is 3.08. The maximum Gasteiger partial charge on any atom is 0.253 e. The Hall–Kier alpha value is -2.66. The summed E-state index contributed by atoms with van der Waals surface area (Å²) in [5.41, 5.74) is 2.56. The van der Waals surface area contributed by atoms with E-state index >= 15 is 0 Å². The molecule has 5 nitrogen and oxygen atoms in total. The molecule has 3 rings (SSSR count). The largest absolute Gasteiger partial charge is 0.349 e. The first kappa shape index (κ1) is 20.1. The summed E-state index contributed by atoms with van der Waals surface area (Å²) in [4.78, 5) is 28.4. The number of rotatable bonds is 6. The van der Waals surface area contributed by atoms with Gasteiger partial charge in [0, 0.05) is 50.9 Å². The molecular formula is C23H29N3O2. The second-order valence-corrected chi connectivity index (χ2v) is 7.60. The maximum atomic E-state index is 12.5. The molecule has 0 aromatic heterocycles. The zero-order valence-corrected chi connectivity index (χ0v) is 16.7. The van der Waals surface area contributed by atoms with Crippen molar-refractivity contribution in [3.05, 3.63) is 71.3 Å². The van der Waals surface area contributed by atoms with Gasteiger partial charge in [0.1, 0.15) is 0 Å². The Balaban J connectivity index is 1.44. The van der Waals surface area contributed by atoms with Crippen molar-refractivity contribution in [2.75, 3.05) is 33.7 Å². The molecule has 1 heterocycles. The predicted octanol–water partition coefficient (Wildman–Crippen LogP) is 2.83. The number of likely N-dealkylation sites (tertiary alicyclic amines) is 1. The lowest BCUT2D eigenvalue weighted by atomic mass is 10.0. The summed E-state index contributed by atoms with van der Waals surface area (Å²) in [6, 6.07) is 17.6. The van der Waals surface area contributed by atoms with Crippen molar-refractivity contribution in [2.45, 2.75) is 25.3 Å². The molecule has 2 aromatic carbocycles. The van der Waals surface area contributed by atoms with Gasteiger partial charge in [0.2, 0.25) is 0 Å². The van der Waals surface area contributed by atoms with Gasteiger partial charge in [-0.15, -0.1) is 0 Å². The van der Waals surface area contributed by atoms with Crippen molar-refractivity contribution in [2.24, 2.45) is 0 Å². The molecule has 1 saturated heterocycles. The van der Waals surface area contributed by atoms with E-state index in [9.17, 15) is 9.59 Å². The third kappa shape index (κ3) is 5.42. The Labute approximate surface area is 167 Å². The Kier molecular flexibility index (Phi) is 6.82. The van der Waals surface area contributed by atoms with Crippen LogP contribution >= 0.6 is 0 Å². The zero-order valence-electron chi connectivity index (χ0n) is 16.7. The molecular weight excluding hydrogens is 350 g/mol. The highest BCUT2D eigenvalue weighted by molar-refractivity contribution is 5.97. The molecule has 0 radical (unpaired) electrons. The van der Waals surface area contributed by atoms with E-state index in [1.54, 1.807) is 38.4 Å². The molecule has 0 bridgehead atoms. The lowest BCUT2D eigenvalue weighted by molar-refractivity contribution is 0.0826. The number of carbonyl (C=O) groups excluding carboxylic acids is 2. The van der Waals surface area contributed by atoms with E-state index in [0.717, 1.165) is 38.9 Å². The van der Waals surface area contributed by atoms with Crippen molar-refractivity contribution in [3.63, 3.8) is 0 Å². The summed E-state index contributed by atoms with van der Waals surface area (Å²) in [5.74, 6) is -0.124. The maximum absolute atomic E-state index is 12.5. The van der Waals surface area contributed by atoms with Gasteiger partial charge in [0.25, 0.3) is 11.8 Å². The van der Waals surface area contributed by atoms with Gasteiger partial charge in [-0.2, -0.15) is 0 Å². The second kappa shape index (κ2) is 9.51. The smallest absolute Gasteiger partial charge is 0.253 e. The van der Waals surface area contributed by atoms with Crippen LogP contribution in [0.4, 0.5) is 0 Å². The van der Waals surface area contributed by atoms with Crippen molar-refractivity contribution in [1.29, 1.82) is 0 Å². The standard InChI is InChI=1S/C23H29N3O2/c1-25(2)23(28)20-10-8-19(9-11-20)22(27)24-21-13-16-26(17-14-21)15-12-18-6-4-3-5-7-18/h3-11,21H,12-17H2,1-2H3,(H,24,27). The summed E-state index contributed by atoms with van der Waals surface area (Å²) < 4.78 is 0. The molecule has 1 fully saturated rings. The SMILES string of the molecule is CN(C)C(=O)c1ccc(C(=O)NC2CCN(CCc3ccccc3)CC2)cc1. The van der Waals surface area contributed by atoms with Crippen molar-refractivity contribution in [3.8, 4) is 0 Å². The molecule has 2 aromatic rings. The third-order valence-electron chi connectivity index (χ3n) is 5.28. The summed E-state index contributed by atoms with van der Waals surface area (Å²) >= 11 is 0. The molecule has 0 spiro atoms. The van der Waals surface area contributed by atoms with E-state index in [1.165, 1.54) is 10.5 Å². The summed E-state index contributed by atoms with van der Waals surface area (Å²) in [5, 5.41) is 3.14. The Morgan fingerprint density at radius 2 is 1.57 bits per heavy atom. The van der Waals surface area contributed by atoms with E-state index in [-0.39, 0.29) is 17.9 Å². The Morgan fingerprint density at radius 3 is 2.18 bits per heavy atom. The lowest BCUT2D eigenvalue weighted by Crippen LogP contribution is -2.45. The van der Waals surface area contributed by atoms with Gasteiger partial charge in [-0.05, 0) is 49.1 Å².